The largest absolute Gasteiger partial charge is 0.710 e. The topological polar surface area (TPSA) is 55.5 Å². The smallest absolute Gasteiger partial charge is 0.385 e. The van der Waals surface area contributed by atoms with Crippen LogP contribution in [0.4, 0.5) is 5.69 Å². The lowest BCUT2D eigenvalue weighted by atomic mass is 10.1. The van der Waals surface area contributed by atoms with Gasteiger partial charge in [0.2, 0.25) is 5.18 Å². The Morgan fingerprint density at radius 2 is 1.60 bits per heavy atom. The number of hydrogen-bond donors (Lipinski definition) is 0. The number of rotatable bonds is 2. The molecule has 2 aromatic rings. The van der Waals surface area contributed by atoms with Crippen LogP contribution in [0.1, 0.15) is 22.3 Å². The van der Waals surface area contributed by atoms with E-state index in [9.17, 15) is 10.1 Å². The van der Waals surface area contributed by atoms with Crippen LogP contribution in [0.25, 0.3) is 0 Å². The molecule has 0 spiro atoms. The molecule has 0 fully saturated rings. The molecule has 0 atom stereocenters. The van der Waals surface area contributed by atoms with Gasteiger partial charge in [-0.15, -0.1) is 0 Å². The van der Waals surface area contributed by atoms with Crippen molar-refractivity contribution < 1.29 is 4.74 Å². The van der Waals surface area contributed by atoms with Gasteiger partial charge in [-0.1, -0.05) is 35.9 Å². The highest BCUT2D eigenvalue weighted by atomic mass is 16.5. The van der Waals surface area contributed by atoms with Crippen LogP contribution < -0.4 is 0 Å². The summed E-state index contributed by atoms with van der Waals surface area (Å²) >= 11 is 0. The first-order chi connectivity index (χ1) is 9.54. The summed E-state index contributed by atoms with van der Waals surface area (Å²) in [7, 11) is 0. The van der Waals surface area contributed by atoms with E-state index in [0.29, 0.717) is 16.0 Å². The van der Waals surface area contributed by atoms with Crippen LogP contribution in [0, 0.1) is 30.9 Å². The summed E-state index contributed by atoms with van der Waals surface area (Å²) in [4.78, 5) is 11.1. The van der Waals surface area contributed by atoms with Crippen molar-refractivity contribution in [2.45, 2.75) is 20.8 Å². The zero-order valence-corrected chi connectivity index (χ0v) is 11.8. The molecule has 0 amide bonds. The second kappa shape index (κ2) is 5.65. The molecule has 2 rings (SSSR count). The third kappa shape index (κ3) is 2.59. The summed E-state index contributed by atoms with van der Waals surface area (Å²) in [5.41, 5.74) is 3.73. The summed E-state index contributed by atoms with van der Waals surface area (Å²) < 4.78 is 0.617. The van der Waals surface area contributed by atoms with Gasteiger partial charge in [0, 0.05) is 0 Å². The van der Waals surface area contributed by atoms with E-state index in [1.54, 1.807) is 24.3 Å². The lowest BCUT2D eigenvalue weighted by molar-refractivity contribution is -0.362. The predicted octanol–water partition coefficient (Wildman–Crippen LogP) is 3.97. The van der Waals surface area contributed by atoms with Gasteiger partial charge in [-0.05, 0) is 48.9 Å². The average molecular weight is 268 g/mol. The Morgan fingerprint density at radius 3 is 2.10 bits per heavy atom. The Balaban J connectivity index is 2.67. The molecular formula is C16H16N2O2. The number of amidine groups is 1. The first-order valence-corrected chi connectivity index (χ1v) is 6.35. The van der Waals surface area contributed by atoms with Crippen molar-refractivity contribution in [3.05, 3.63) is 74.8 Å². The van der Waals surface area contributed by atoms with Crippen molar-refractivity contribution in [2.24, 2.45) is 5.18 Å². The highest BCUT2D eigenvalue weighted by Crippen LogP contribution is 2.25. The Bertz CT molecular complexity index is 653. The van der Waals surface area contributed by atoms with E-state index >= 15 is 0 Å². The van der Waals surface area contributed by atoms with Gasteiger partial charge in [0.1, 0.15) is 5.69 Å². The van der Waals surface area contributed by atoms with Crippen LogP contribution in [0.3, 0.4) is 0 Å². The lowest BCUT2D eigenvalue weighted by Gasteiger charge is -2.15. The molecule has 0 unspecified atom stereocenters. The third-order valence-electron chi connectivity index (χ3n) is 3.15. The van der Waals surface area contributed by atoms with E-state index in [0.717, 1.165) is 16.7 Å². The number of aryl methyl sites for hydroxylation is 3. The zero-order chi connectivity index (χ0) is 14.7. The van der Waals surface area contributed by atoms with Crippen LogP contribution in [0.5, 0.6) is 0 Å². The molecule has 4 nitrogen and oxygen atoms in total. The van der Waals surface area contributed by atoms with Crippen LogP contribution in [-0.2, 0) is 0 Å². The fourth-order valence-corrected chi connectivity index (χ4v) is 2.39. The van der Waals surface area contributed by atoms with Gasteiger partial charge >= 0.3 is 5.84 Å². The van der Waals surface area contributed by atoms with Crippen LogP contribution in [0.2, 0.25) is 0 Å². The monoisotopic (exact) mass is 268 g/mol. The normalized spacial score (nSPS) is 11.9. The molecule has 0 aromatic heterocycles. The number of nitrogens with zero attached hydrogens (tertiary/aromatic N) is 2. The summed E-state index contributed by atoms with van der Waals surface area (Å²) in [5, 5.41) is 15.4. The molecule has 102 valence electrons. The van der Waals surface area contributed by atoms with Crippen molar-refractivity contribution in [3.8, 4) is 0 Å². The summed E-state index contributed by atoms with van der Waals surface area (Å²) in [6, 6.07) is 12.6. The van der Waals surface area contributed by atoms with E-state index < -0.39 is 0 Å². The molecule has 2 aromatic carbocycles. The maximum absolute atomic E-state index is 12.5. The maximum atomic E-state index is 12.5. The predicted molar refractivity (Wildman–Crippen MR) is 80.3 cm³/mol. The lowest BCUT2D eigenvalue weighted by Crippen LogP contribution is -2.12. The second-order valence-electron chi connectivity index (χ2n) is 4.82. The summed E-state index contributed by atoms with van der Waals surface area (Å²) in [6.45, 7) is 5.68. The molecule has 0 heterocycles. The Kier molecular flexibility index (Phi) is 3.94. The molecule has 0 N–H and O–H groups in total. The quantitative estimate of drug-likeness (QED) is 0.207. The van der Waals surface area contributed by atoms with E-state index in [2.05, 4.69) is 5.18 Å². The first kappa shape index (κ1) is 13.9. The van der Waals surface area contributed by atoms with Gasteiger partial charge in [-0.25, -0.2) is 4.74 Å². The van der Waals surface area contributed by atoms with Gasteiger partial charge in [0.15, 0.2) is 0 Å². The van der Waals surface area contributed by atoms with Gasteiger partial charge in [-0.3, -0.25) is 0 Å². The zero-order valence-electron chi connectivity index (χ0n) is 11.8. The Labute approximate surface area is 117 Å². The average Bonchev–Trinajstić information content (AvgIpc) is 2.39. The fraction of sp³-hybridized carbons (Fsp3) is 0.188. The van der Waals surface area contributed by atoms with Crippen molar-refractivity contribution in [1.29, 1.82) is 0 Å². The summed E-state index contributed by atoms with van der Waals surface area (Å²) in [5.74, 6) is -0.124. The van der Waals surface area contributed by atoms with Gasteiger partial charge in [0.05, 0.1) is 5.56 Å². The molecular weight excluding hydrogens is 252 g/mol. The van der Waals surface area contributed by atoms with Crippen molar-refractivity contribution in [2.75, 3.05) is 0 Å². The molecule has 4 heteroatoms. The Hall–Kier alpha value is -2.49. The van der Waals surface area contributed by atoms with E-state index in [1.165, 1.54) is 0 Å². The highest BCUT2D eigenvalue weighted by Gasteiger charge is 2.18. The molecule has 0 aliphatic rings. The Morgan fingerprint density at radius 1 is 1.05 bits per heavy atom. The van der Waals surface area contributed by atoms with Crippen LogP contribution >= 0.6 is 0 Å². The van der Waals surface area contributed by atoms with Crippen molar-refractivity contribution >= 4 is 11.5 Å². The molecule has 20 heavy (non-hydrogen) atoms. The second-order valence-corrected chi connectivity index (χ2v) is 4.82. The van der Waals surface area contributed by atoms with E-state index in [4.69, 9.17) is 0 Å². The van der Waals surface area contributed by atoms with Crippen molar-refractivity contribution in [3.63, 3.8) is 0 Å². The molecule has 0 radical (unpaired) electrons. The summed E-state index contributed by atoms with van der Waals surface area (Å²) in [6.07, 6.45) is 0. The minimum absolute atomic E-state index is 0.124. The number of nitroso groups, excluding NO2 is 1. The molecule has 0 saturated heterocycles. The molecule has 0 bridgehead atoms. The number of benzene rings is 2. The minimum Gasteiger partial charge on any atom is -0.710 e. The SMILES string of the molecule is Cc1cc(C)c(/[N+]([O-])=C(\N=O)c2ccccc2)c(C)c1. The van der Waals surface area contributed by atoms with Gasteiger partial charge < -0.3 is 5.21 Å². The molecule has 0 aliphatic heterocycles. The van der Waals surface area contributed by atoms with E-state index in [1.807, 2.05) is 39.0 Å². The van der Waals surface area contributed by atoms with Crippen LogP contribution in [0.15, 0.2) is 47.6 Å². The van der Waals surface area contributed by atoms with Gasteiger partial charge in [-0.2, -0.15) is 0 Å². The third-order valence-corrected chi connectivity index (χ3v) is 3.15. The van der Waals surface area contributed by atoms with Gasteiger partial charge in [0.25, 0.3) is 0 Å². The minimum atomic E-state index is -0.124. The standard InChI is InChI=1S/C16H16N2O2/c1-11-9-12(2)15(13(3)10-11)18(20)16(17-19)14-7-5-4-6-8-14/h4-10H,1-3H3/b18-16+. The maximum Gasteiger partial charge on any atom is 0.385 e. The van der Waals surface area contributed by atoms with Crippen molar-refractivity contribution in [1.82, 2.24) is 0 Å². The van der Waals surface area contributed by atoms with Crippen LogP contribution in [-0.4, -0.2) is 10.6 Å². The number of hydrogen-bond acceptors (Lipinski definition) is 2. The fourth-order valence-electron chi connectivity index (χ4n) is 2.39. The highest BCUT2D eigenvalue weighted by molar-refractivity contribution is 5.96. The molecule has 0 aliphatic carbocycles. The first-order valence-electron chi connectivity index (χ1n) is 6.35. The van der Waals surface area contributed by atoms with E-state index in [-0.39, 0.29) is 5.84 Å². The molecule has 0 saturated carbocycles.